The highest BCUT2D eigenvalue weighted by atomic mass is 16.5. The van der Waals surface area contributed by atoms with Crippen LogP contribution in [0.2, 0.25) is 0 Å². The Labute approximate surface area is 116 Å². The second-order valence-corrected chi connectivity index (χ2v) is 4.20. The molecule has 0 atom stereocenters. The fraction of sp³-hybridized carbons (Fsp3) is 0.133. The van der Waals surface area contributed by atoms with Crippen LogP contribution in [-0.4, -0.2) is 18.2 Å². The number of benzene rings is 2. The Morgan fingerprint density at radius 1 is 1.25 bits per heavy atom. The molecule has 104 valence electrons. The number of hydrogen-bond acceptors (Lipinski definition) is 5. The van der Waals surface area contributed by atoms with Crippen LogP contribution in [0.3, 0.4) is 0 Å². The highest BCUT2D eigenvalue weighted by molar-refractivity contribution is 5.91. The number of aromatic hydroxyl groups is 1. The van der Waals surface area contributed by atoms with Gasteiger partial charge in [-0.1, -0.05) is 12.1 Å². The van der Waals surface area contributed by atoms with E-state index in [-0.39, 0.29) is 12.4 Å². The van der Waals surface area contributed by atoms with E-state index in [1.165, 1.54) is 19.2 Å². The summed E-state index contributed by atoms with van der Waals surface area (Å²) >= 11 is 0. The standard InChI is InChI=1S/C15H15NO4/c1-19-14-6-5-11(8-13(14)16)15(18)20-9-10-3-2-4-12(17)7-10/h2-8,17H,9,16H2,1H3. The zero-order valence-corrected chi connectivity index (χ0v) is 11.0. The molecule has 0 aliphatic heterocycles. The summed E-state index contributed by atoms with van der Waals surface area (Å²) in [7, 11) is 1.51. The van der Waals surface area contributed by atoms with Crippen molar-refractivity contribution in [1.29, 1.82) is 0 Å². The second kappa shape index (κ2) is 5.97. The van der Waals surface area contributed by atoms with Gasteiger partial charge in [0.05, 0.1) is 18.4 Å². The minimum absolute atomic E-state index is 0.0825. The van der Waals surface area contributed by atoms with Crippen LogP contribution >= 0.6 is 0 Å². The van der Waals surface area contributed by atoms with Crippen LogP contribution in [0.5, 0.6) is 11.5 Å². The van der Waals surface area contributed by atoms with Gasteiger partial charge in [0.25, 0.3) is 0 Å². The Kier molecular flexibility index (Phi) is 4.10. The molecule has 2 aromatic rings. The van der Waals surface area contributed by atoms with E-state index in [0.29, 0.717) is 22.6 Å². The van der Waals surface area contributed by atoms with E-state index < -0.39 is 5.97 Å². The monoisotopic (exact) mass is 273 g/mol. The van der Waals surface area contributed by atoms with Crippen molar-refractivity contribution in [3.8, 4) is 11.5 Å². The van der Waals surface area contributed by atoms with Gasteiger partial charge in [-0.25, -0.2) is 4.79 Å². The van der Waals surface area contributed by atoms with Crippen LogP contribution in [-0.2, 0) is 11.3 Å². The van der Waals surface area contributed by atoms with Gasteiger partial charge in [0.1, 0.15) is 18.1 Å². The molecule has 0 unspecified atom stereocenters. The molecule has 0 saturated heterocycles. The average Bonchev–Trinajstić information content (AvgIpc) is 2.44. The number of methoxy groups -OCH3 is 1. The van der Waals surface area contributed by atoms with Gasteiger partial charge in [0, 0.05) is 0 Å². The molecule has 5 nitrogen and oxygen atoms in total. The quantitative estimate of drug-likeness (QED) is 0.660. The zero-order chi connectivity index (χ0) is 14.5. The summed E-state index contributed by atoms with van der Waals surface area (Å²) in [4.78, 5) is 11.9. The molecule has 0 spiro atoms. The first-order chi connectivity index (χ1) is 9.60. The first-order valence-electron chi connectivity index (χ1n) is 5.98. The summed E-state index contributed by atoms with van der Waals surface area (Å²) in [6.07, 6.45) is 0. The molecule has 0 aliphatic rings. The Hall–Kier alpha value is -2.69. The fourth-order valence-corrected chi connectivity index (χ4v) is 1.74. The predicted octanol–water partition coefficient (Wildman–Crippen LogP) is 2.34. The summed E-state index contributed by atoms with van der Waals surface area (Å²) in [5.41, 5.74) is 7.16. The lowest BCUT2D eigenvalue weighted by molar-refractivity contribution is 0.0472. The molecule has 0 fully saturated rings. The lowest BCUT2D eigenvalue weighted by atomic mass is 10.2. The maximum atomic E-state index is 11.9. The molecule has 0 amide bonds. The van der Waals surface area contributed by atoms with Crippen LogP contribution in [0.25, 0.3) is 0 Å². The number of phenolic OH excluding ortho intramolecular Hbond substituents is 1. The molecule has 2 rings (SSSR count). The van der Waals surface area contributed by atoms with E-state index in [4.69, 9.17) is 15.2 Å². The lowest BCUT2D eigenvalue weighted by Gasteiger charge is -2.08. The van der Waals surface area contributed by atoms with E-state index in [0.717, 1.165) is 0 Å². The molecule has 2 aromatic carbocycles. The van der Waals surface area contributed by atoms with E-state index in [9.17, 15) is 9.90 Å². The molecule has 5 heteroatoms. The summed E-state index contributed by atoms with van der Waals surface area (Å²) in [5.74, 6) is 0.157. The Bertz CT molecular complexity index is 625. The van der Waals surface area contributed by atoms with Crippen LogP contribution < -0.4 is 10.5 Å². The maximum absolute atomic E-state index is 11.9. The van der Waals surface area contributed by atoms with Crippen molar-refractivity contribution in [2.75, 3.05) is 12.8 Å². The van der Waals surface area contributed by atoms with E-state index >= 15 is 0 Å². The van der Waals surface area contributed by atoms with Gasteiger partial charge >= 0.3 is 5.97 Å². The van der Waals surface area contributed by atoms with Crippen molar-refractivity contribution in [1.82, 2.24) is 0 Å². The Balaban J connectivity index is 2.03. The van der Waals surface area contributed by atoms with E-state index in [2.05, 4.69) is 0 Å². The van der Waals surface area contributed by atoms with Crippen molar-refractivity contribution in [2.45, 2.75) is 6.61 Å². The van der Waals surface area contributed by atoms with Gasteiger partial charge in [-0.2, -0.15) is 0 Å². The lowest BCUT2D eigenvalue weighted by Crippen LogP contribution is -2.06. The number of hydrogen-bond donors (Lipinski definition) is 2. The first-order valence-corrected chi connectivity index (χ1v) is 5.98. The molecule has 3 N–H and O–H groups in total. The third kappa shape index (κ3) is 3.20. The minimum atomic E-state index is -0.484. The topological polar surface area (TPSA) is 81.8 Å². The van der Waals surface area contributed by atoms with Crippen LogP contribution in [0.1, 0.15) is 15.9 Å². The number of anilines is 1. The third-order valence-corrected chi connectivity index (χ3v) is 2.75. The largest absolute Gasteiger partial charge is 0.508 e. The minimum Gasteiger partial charge on any atom is -0.508 e. The molecule has 0 aliphatic carbocycles. The van der Waals surface area contributed by atoms with E-state index in [1.54, 1.807) is 30.3 Å². The molecule has 0 saturated carbocycles. The van der Waals surface area contributed by atoms with Crippen LogP contribution in [0, 0.1) is 0 Å². The molecular weight excluding hydrogens is 258 g/mol. The molecule has 0 heterocycles. The number of nitrogens with two attached hydrogens (primary N) is 1. The average molecular weight is 273 g/mol. The van der Waals surface area contributed by atoms with Gasteiger partial charge in [0.2, 0.25) is 0 Å². The summed E-state index contributed by atoms with van der Waals surface area (Å²) in [6, 6.07) is 11.2. The molecule has 0 bridgehead atoms. The third-order valence-electron chi connectivity index (χ3n) is 2.75. The van der Waals surface area contributed by atoms with Crippen LogP contribution in [0.15, 0.2) is 42.5 Å². The number of carbonyl (C=O) groups is 1. The highest BCUT2D eigenvalue weighted by Gasteiger charge is 2.10. The highest BCUT2D eigenvalue weighted by Crippen LogP contribution is 2.22. The van der Waals surface area contributed by atoms with Crippen molar-refractivity contribution in [3.05, 3.63) is 53.6 Å². The van der Waals surface area contributed by atoms with Crippen molar-refractivity contribution in [3.63, 3.8) is 0 Å². The maximum Gasteiger partial charge on any atom is 0.338 e. The second-order valence-electron chi connectivity index (χ2n) is 4.20. The smallest absolute Gasteiger partial charge is 0.338 e. The van der Waals surface area contributed by atoms with Gasteiger partial charge in [-0.3, -0.25) is 0 Å². The van der Waals surface area contributed by atoms with E-state index in [1.807, 2.05) is 0 Å². The van der Waals surface area contributed by atoms with Gasteiger partial charge in [-0.05, 0) is 35.9 Å². The van der Waals surface area contributed by atoms with Gasteiger partial charge < -0.3 is 20.3 Å². The molecule has 0 aromatic heterocycles. The van der Waals surface area contributed by atoms with Crippen molar-refractivity contribution < 1.29 is 19.4 Å². The Morgan fingerprint density at radius 3 is 2.70 bits per heavy atom. The molecule has 0 radical (unpaired) electrons. The van der Waals surface area contributed by atoms with Gasteiger partial charge in [-0.15, -0.1) is 0 Å². The van der Waals surface area contributed by atoms with Crippen molar-refractivity contribution >= 4 is 11.7 Å². The summed E-state index contributed by atoms with van der Waals surface area (Å²) in [6.45, 7) is 0.0825. The van der Waals surface area contributed by atoms with Gasteiger partial charge in [0.15, 0.2) is 0 Å². The summed E-state index contributed by atoms with van der Waals surface area (Å²) < 4.78 is 10.2. The Morgan fingerprint density at radius 2 is 2.05 bits per heavy atom. The predicted molar refractivity (Wildman–Crippen MR) is 74.6 cm³/mol. The number of nitrogen functional groups attached to an aromatic ring is 1. The zero-order valence-electron chi connectivity index (χ0n) is 11.0. The normalized spacial score (nSPS) is 10.1. The number of esters is 1. The SMILES string of the molecule is COc1ccc(C(=O)OCc2cccc(O)c2)cc1N. The number of rotatable bonds is 4. The number of phenols is 1. The molecular formula is C15H15NO4. The fourth-order valence-electron chi connectivity index (χ4n) is 1.74. The number of ether oxygens (including phenoxy) is 2. The number of carbonyl (C=O) groups excluding carboxylic acids is 1. The molecule has 20 heavy (non-hydrogen) atoms. The first kappa shape index (κ1) is 13.7. The van der Waals surface area contributed by atoms with Crippen LogP contribution in [0.4, 0.5) is 5.69 Å². The van der Waals surface area contributed by atoms with Crippen molar-refractivity contribution in [2.24, 2.45) is 0 Å². The summed E-state index contributed by atoms with van der Waals surface area (Å²) in [5, 5.41) is 9.32.